The predicted octanol–water partition coefficient (Wildman–Crippen LogP) is 2.03. The molecule has 0 fully saturated rings. The van der Waals surface area contributed by atoms with Crippen LogP contribution in [0.1, 0.15) is 10.5 Å². The number of nitrogens with one attached hydrogen (secondary N) is 1. The Bertz CT molecular complexity index is 227. The van der Waals surface area contributed by atoms with Crippen LogP contribution < -0.4 is 0 Å². The summed E-state index contributed by atoms with van der Waals surface area (Å²) < 4.78 is 0. The monoisotopic (exact) mass is 320 g/mol. The number of carbonyl (C=O) groups is 1. The van der Waals surface area contributed by atoms with Gasteiger partial charge in [-0.1, -0.05) is 24.0 Å². The molecule has 1 aromatic rings. The van der Waals surface area contributed by atoms with E-state index in [4.69, 9.17) is 5.73 Å². The van der Waals surface area contributed by atoms with Gasteiger partial charge in [-0.3, -0.25) is 4.79 Å². The molecule has 1 N–H and O–H groups in total. The summed E-state index contributed by atoms with van der Waals surface area (Å²) >= 11 is 0. The molecule has 4 heteroatoms. The van der Waals surface area contributed by atoms with E-state index >= 15 is 0 Å². The second-order valence-corrected chi connectivity index (χ2v) is 1.57. The number of nitrogens with zero attached hydrogens (tertiary/aromatic N) is 1. The second-order valence-electron chi connectivity index (χ2n) is 1.57. The molecule has 1 heterocycles. The molecule has 0 spiro atoms. The van der Waals surface area contributed by atoms with Gasteiger partial charge in [0.05, 0.1) is 0 Å². The summed E-state index contributed by atoms with van der Waals surface area (Å²) in [6.45, 7) is 0. The molecule has 0 aromatic carbocycles. The van der Waals surface area contributed by atoms with Crippen LogP contribution in [0.4, 0.5) is 5.82 Å². The molecule has 3 nitrogen and oxygen atoms in total. The Hall–Kier alpha value is -0.692. The van der Waals surface area contributed by atoms with Crippen molar-refractivity contribution < 1.29 is 25.9 Å². The van der Waals surface area contributed by atoms with Gasteiger partial charge in [-0.25, -0.2) is 0 Å². The van der Waals surface area contributed by atoms with Crippen LogP contribution in [0.3, 0.4) is 0 Å². The SMILES string of the molecule is [CH3-].[NH-]c1cccc(C=O)n1.[W+2]. The normalized spacial score (nSPS) is 7.27. The van der Waals surface area contributed by atoms with Crippen molar-refractivity contribution in [2.24, 2.45) is 0 Å². The number of aromatic nitrogens is 1. The van der Waals surface area contributed by atoms with Gasteiger partial charge in [0, 0.05) is 0 Å². The summed E-state index contributed by atoms with van der Waals surface area (Å²) in [4.78, 5) is 13.6. The van der Waals surface area contributed by atoms with Crippen molar-refractivity contribution in [1.82, 2.24) is 4.98 Å². The van der Waals surface area contributed by atoms with Gasteiger partial charge in [0.1, 0.15) is 6.29 Å². The Morgan fingerprint density at radius 1 is 1.45 bits per heavy atom. The van der Waals surface area contributed by atoms with Crippen LogP contribution in [-0.4, -0.2) is 11.3 Å². The average Bonchev–Trinajstić information content (AvgIpc) is 1.88. The molecule has 0 atom stereocenters. The van der Waals surface area contributed by atoms with Crippen LogP contribution in [0, 0.1) is 7.43 Å². The summed E-state index contributed by atoms with van der Waals surface area (Å²) in [5, 5.41) is 0. The number of hydrogen-bond donors (Lipinski definition) is 0. The summed E-state index contributed by atoms with van der Waals surface area (Å²) in [6.07, 6.45) is 0.623. The van der Waals surface area contributed by atoms with Gasteiger partial charge in [-0.05, 0) is 5.69 Å². The Morgan fingerprint density at radius 3 is 2.45 bits per heavy atom. The molecule has 0 aliphatic rings. The zero-order chi connectivity index (χ0) is 6.69. The largest absolute Gasteiger partial charge is 2.00 e. The van der Waals surface area contributed by atoms with Gasteiger partial charge in [0.15, 0.2) is 0 Å². The molecule has 0 amide bonds. The van der Waals surface area contributed by atoms with Crippen molar-refractivity contribution in [3.63, 3.8) is 0 Å². The maximum Gasteiger partial charge on any atom is 2.00 e. The Kier molecular flexibility index (Phi) is 7.11. The quantitative estimate of drug-likeness (QED) is 0.587. The van der Waals surface area contributed by atoms with E-state index in [9.17, 15) is 4.79 Å². The van der Waals surface area contributed by atoms with Gasteiger partial charge >= 0.3 is 21.1 Å². The standard InChI is InChI=1S/C6H5N2O.CH3.W/c7-6-3-1-2-5(4-9)8-6;;/h1-4H,(H-,7,8);1H3;/q2*-1;+2. The summed E-state index contributed by atoms with van der Waals surface area (Å²) in [7, 11) is 0. The van der Waals surface area contributed by atoms with Crippen LogP contribution >= 0.6 is 0 Å². The zero-order valence-corrected chi connectivity index (χ0v) is 9.01. The molecule has 0 aliphatic carbocycles. The van der Waals surface area contributed by atoms with Gasteiger partial charge in [-0.15, -0.1) is 0 Å². The topological polar surface area (TPSA) is 53.8 Å². The maximum absolute atomic E-state index is 10.0. The van der Waals surface area contributed by atoms with Gasteiger partial charge in [0.25, 0.3) is 0 Å². The molecule has 0 radical (unpaired) electrons. The van der Waals surface area contributed by atoms with Crippen molar-refractivity contribution in [2.45, 2.75) is 0 Å². The zero-order valence-electron chi connectivity index (χ0n) is 6.07. The number of aldehydes is 1. The predicted molar refractivity (Wildman–Crippen MR) is 40.0 cm³/mol. The van der Waals surface area contributed by atoms with Gasteiger partial charge in [-0.2, -0.15) is 0 Å². The van der Waals surface area contributed by atoms with E-state index in [2.05, 4.69) is 4.98 Å². The number of pyridine rings is 1. The Labute approximate surface area is 80.3 Å². The third-order valence-corrected chi connectivity index (χ3v) is 0.891. The fourth-order valence-corrected chi connectivity index (χ4v) is 0.517. The first-order valence-corrected chi connectivity index (χ1v) is 2.47. The van der Waals surface area contributed by atoms with Crippen molar-refractivity contribution in [1.29, 1.82) is 0 Å². The van der Waals surface area contributed by atoms with E-state index in [1.54, 1.807) is 12.1 Å². The van der Waals surface area contributed by atoms with E-state index in [-0.39, 0.29) is 34.3 Å². The smallest absolute Gasteiger partial charge is 0.482 e. The third-order valence-electron chi connectivity index (χ3n) is 0.891. The van der Waals surface area contributed by atoms with Gasteiger partial charge < -0.3 is 18.1 Å². The minimum atomic E-state index is 0. The van der Waals surface area contributed by atoms with E-state index in [0.717, 1.165) is 0 Å². The van der Waals surface area contributed by atoms with Crippen molar-refractivity contribution in [2.75, 3.05) is 0 Å². The summed E-state index contributed by atoms with van der Waals surface area (Å²) in [6, 6.07) is 4.71. The minimum Gasteiger partial charge on any atom is -0.482 e. The summed E-state index contributed by atoms with van der Waals surface area (Å²) in [5.41, 5.74) is 7.28. The maximum atomic E-state index is 10.0. The first kappa shape index (κ1) is 12.9. The Balaban J connectivity index is 0. The number of rotatable bonds is 1. The first-order chi connectivity index (χ1) is 4.33. The van der Waals surface area contributed by atoms with E-state index in [0.29, 0.717) is 12.0 Å². The van der Waals surface area contributed by atoms with Gasteiger partial charge in [0.2, 0.25) is 0 Å². The molecule has 1 aromatic heterocycles. The van der Waals surface area contributed by atoms with Crippen molar-refractivity contribution in [3.8, 4) is 0 Å². The molecule has 0 saturated carbocycles. The van der Waals surface area contributed by atoms with Crippen LogP contribution in [-0.2, 0) is 21.1 Å². The van der Waals surface area contributed by atoms with Crippen LogP contribution in [0.15, 0.2) is 18.2 Å². The first-order valence-electron chi connectivity index (χ1n) is 2.47. The fourth-order valence-electron chi connectivity index (χ4n) is 0.517. The Morgan fingerprint density at radius 2 is 2.09 bits per heavy atom. The third kappa shape index (κ3) is 3.89. The molecule has 0 aliphatic heterocycles. The van der Waals surface area contributed by atoms with E-state index in [1.165, 1.54) is 6.07 Å². The summed E-state index contributed by atoms with van der Waals surface area (Å²) in [5.74, 6) is 0.125. The van der Waals surface area contributed by atoms with E-state index in [1.807, 2.05) is 0 Å². The molecule has 11 heavy (non-hydrogen) atoms. The molecule has 58 valence electrons. The molecular formula is C7H8N2OW. The van der Waals surface area contributed by atoms with E-state index < -0.39 is 0 Å². The molecule has 1 rings (SSSR count). The number of hydrogen-bond acceptors (Lipinski definition) is 2. The van der Waals surface area contributed by atoms with Crippen LogP contribution in [0.2, 0.25) is 0 Å². The molecule has 0 unspecified atom stereocenters. The second kappa shape index (κ2) is 6.05. The van der Waals surface area contributed by atoms with Crippen molar-refractivity contribution in [3.05, 3.63) is 37.1 Å². The molecular weight excluding hydrogens is 312 g/mol. The minimum absolute atomic E-state index is 0. The van der Waals surface area contributed by atoms with Crippen LogP contribution in [0.5, 0.6) is 0 Å². The fraction of sp³-hybridized carbons (Fsp3) is 0. The molecule has 0 bridgehead atoms. The average molecular weight is 320 g/mol. The van der Waals surface area contributed by atoms with Crippen molar-refractivity contribution >= 4 is 12.1 Å². The molecule has 0 saturated heterocycles. The number of carbonyl (C=O) groups excluding carboxylic acids is 1. The van der Waals surface area contributed by atoms with Crippen LogP contribution in [0.25, 0.3) is 5.73 Å².